The third kappa shape index (κ3) is 3.44. The van der Waals surface area contributed by atoms with Crippen LogP contribution in [0.5, 0.6) is 0 Å². The van der Waals surface area contributed by atoms with Gasteiger partial charge in [-0.15, -0.1) is 0 Å². The molecule has 0 amide bonds. The molecule has 2 N–H and O–H groups in total. The molecule has 2 heterocycles. The predicted octanol–water partition coefficient (Wildman–Crippen LogP) is 3.17. The van der Waals surface area contributed by atoms with Gasteiger partial charge in [-0.2, -0.15) is 0 Å². The van der Waals surface area contributed by atoms with E-state index >= 15 is 0 Å². The van der Waals surface area contributed by atoms with Crippen molar-refractivity contribution in [1.82, 2.24) is 4.98 Å². The Kier molecular flexibility index (Phi) is 4.43. The zero-order valence-corrected chi connectivity index (χ0v) is 12.7. The van der Waals surface area contributed by atoms with Crippen LogP contribution < -0.4 is 10.2 Å². The highest BCUT2D eigenvalue weighted by molar-refractivity contribution is 6.37. The molecule has 0 spiro atoms. The van der Waals surface area contributed by atoms with E-state index in [9.17, 15) is 5.11 Å². The van der Waals surface area contributed by atoms with Crippen LogP contribution in [0.2, 0.25) is 10.0 Å². The van der Waals surface area contributed by atoms with Gasteiger partial charge < -0.3 is 15.3 Å². The monoisotopic (exact) mass is 303 g/mol. The van der Waals surface area contributed by atoms with Gasteiger partial charge in [0.25, 0.3) is 0 Å². The average Bonchev–Trinajstić information content (AvgIpc) is 2.33. The maximum Gasteiger partial charge on any atom is 0.149 e. The zero-order chi connectivity index (χ0) is 14.0. The number of nitrogens with one attached hydrogen (secondary N) is 1. The van der Waals surface area contributed by atoms with Crippen LogP contribution in [0.25, 0.3) is 0 Å². The van der Waals surface area contributed by atoms with Crippen LogP contribution in [0.1, 0.15) is 26.7 Å². The molecule has 0 radical (unpaired) electrons. The first-order valence-corrected chi connectivity index (χ1v) is 7.26. The Balaban J connectivity index is 2.22. The predicted molar refractivity (Wildman–Crippen MR) is 80.5 cm³/mol. The molecule has 1 fully saturated rings. The first kappa shape index (κ1) is 14.7. The first-order valence-electron chi connectivity index (χ1n) is 6.50. The Morgan fingerprint density at radius 1 is 1.37 bits per heavy atom. The second kappa shape index (κ2) is 5.73. The smallest absolute Gasteiger partial charge is 0.149 e. The fourth-order valence-electron chi connectivity index (χ4n) is 2.17. The Morgan fingerprint density at radius 3 is 2.58 bits per heavy atom. The molecule has 6 heteroatoms. The number of aromatic nitrogens is 1. The molecule has 0 unspecified atom stereocenters. The highest BCUT2D eigenvalue weighted by atomic mass is 35.5. The Labute approximate surface area is 123 Å². The van der Waals surface area contributed by atoms with E-state index in [2.05, 4.69) is 15.2 Å². The third-order valence-electron chi connectivity index (χ3n) is 3.40. The summed E-state index contributed by atoms with van der Waals surface area (Å²) < 4.78 is 0. The number of hydrogen-bond acceptors (Lipinski definition) is 4. The van der Waals surface area contributed by atoms with E-state index in [-0.39, 0.29) is 0 Å². The summed E-state index contributed by atoms with van der Waals surface area (Å²) in [6.07, 6.45) is 1.42. The van der Waals surface area contributed by atoms with Crippen molar-refractivity contribution in [3.05, 3.63) is 16.1 Å². The van der Waals surface area contributed by atoms with Crippen molar-refractivity contribution < 1.29 is 5.11 Å². The number of piperidine rings is 1. The van der Waals surface area contributed by atoms with Gasteiger partial charge in [-0.1, -0.05) is 23.2 Å². The van der Waals surface area contributed by atoms with Crippen LogP contribution >= 0.6 is 23.2 Å². The van der Waals surface area contributed by atoms with E-state index in [0.29, 0.717) is 28.7 Å². The highest BCUT2D eigenvalue weighted by Gasteiger charge is 2.29. The number of halogens is 2. The lowest BCUT2D eigenvalue weighted by Gasteiger charge is -2.36. The van der Waals surface area contributed by atoms with Crippen LogP contribution in [-0.2, 0) is 0 Å². The summed E-state index contributed by atoms with van der Waals surface area (Å²) in [4.78, 5) is 6.60. The molecule has 1 aromatic heterocycles. The minimum atomic E-state index is -0.583. The second-order valence-electron chi connectivity index (χ2n) is 5.14. The molecule has 0 aliphatic carbocycles. The second-order valence-corrected chi connectivity index (χ2v) is 5.95. The van der Waals surface area contributed by atoms with Gasteiger partial charge in [-0.25, -0.2) is 4.98 Å². The average molecular weight is 304 g/mol. The van der Waals surface area contributed by atoms with E-state index in [0.717, 1.165) is 25.5 Å². The van der Waals surface area contributed by atoms with Crippen molar-refractivity contribution in [3.63, 3.8) is 0 Å². The number of anilines is 2. The fraction of sp³-hybridized carbons (Fsp3) is 0.615. The van der Waals surface area contributed by atoms with Crippen molar-refractivity contribution in [3.8, 4) is 0 Å². The molecule has 1 aliphatic heterocycles. The van der Waals surface area contributed by atoms with Gasteiger partial charge in [0.1, 0.15) is 11.6 Å². The summed E-state index contributed by atoms with van der Waals surface area (Å²) >= 11 is 12.3. The van der Waals surface area contributed by atoms with E-state index in [4.69, 9.17) is 23.2 Å². The molecule has 0 aromatic carbocycles. The lowest BCUT2D eigenvalue weighted by molar-refractivity contribution is 0.0350. The standard InChI is InChI=1S/C13H19Cl2N3O/c1-3-16-11-9(14)8-10(15)12(17-11)18-6-4-13(2,19)5-7-18/h8,19H,3-7H2,1-2H3,(H,16,17). The molecule has 0 saturated carbocycles. The molecule has 1 aliphatic rings. The third-order valence-corrected chi connectivity index (χ3v) is 3.96. The molecule has 4 nitrogen and oxygen atoms in total. The summed E-state index contributed by atoms with van der Waals surface area (Å²) in [5, 5.41) is 14.2. The SMILES string of the molecule is CCNc1nc(N2CCC(C)(O)CC2)c(Cl)cc1Cl. The topological polar surface area (TPSA) is 48.4 Å². The molecule has 19 heavy (non-hydrogen) atoms. The number of nitrogens with zero attached hydrogens (tertiary/aromatic N) is 2. The minimum absolute atomic E-state index is 0.527. The van der Waals surface area contributed by atoms with Gasteiger partial charge in [0.05, 0.1) is 15.6 Å². The van der Waals surface area contributed by atoms with Crippen molar-refractivity contribution in [2.75, 3.05) is 29.9 Å². The molecule has 0 bridgehead atoms. The van der Waals surface area contributed by atoms with Crippen molar-refractivity contribution in [1.29, 1.82) is 0 Å². The van der Waals surface area contributed by atoms with Crippen LogP contribution in [-0.4, -0.2) is 35.3 Å². The minimum Gasteiger partial charge on any atom is -0.390 e. The van der Waals surface area contributed by atoms with E-state index < -0.39 is 5.60 Å². The number of pyridine rings is 1. The zero-order valence-electron chi connectivity index (χ0n) is 11.2. The van der Waals surface area contributed by atoms with Gasteiger partial charge in [-0.05, 0) is 32.8 Å². The van der Waals surface area contributed by atoms with Crippen LogP contribution in [0, 0.1) is 0 Å². The number of hydrogen-bond donors (Lipinski definition) is 2. The largest absolute Gasteiger partial charge is 0.390 e. The summed E-state index contributed by atoms with van der Waals surface area (Å²) in [5.74, 6) is 1.39. The molecule has 0 atom stereocenters. The summed E-state index contributed by atoms with van der Waals surface area (Å²) in [7, 11) is 0. The van der Waals surface area contributed by atoms with E-state index in [1.807, 2.05) is 13.8 Å². The van der Waals surface area contributed by atoms with Gasteiger partial charge in [0.15, 0.2) is 0 Å². The summed E-state index contributed by atoms with van der Waals surface area (Å²) in [6.45, 7) is 6.10. The maximum absolute atomic E-state index is 9.98. The van der Waals surface area contributed by atoms with Crippen LogP contribution in [0.15, 0.2) is 6.07 Å². The van der Waals surface area contributed by atoms with Crippen molar-refractivity contribution in [2.24, 2.45) is 0 Å². The number of rotatable bonds is 3. The van der Waals surface area contributed by atoms with Crippen molar-refractivity contribution >= 4 is 34.8 Å². The van der Waals surface area contributed by atoms with Gasteiger partial charge in [0.2, 0.25) is 0 Å². The molecule has 2 rings (SSSR count). The van der Waals surface area contributed by atoms with Crippen LogP contribution in [0.4, 0.5) is 11.6 Å². The Morgan fingerprint density at radius 2 is 2.00 bits per heavy atom. The Hall–Kier alpha value is -0.710. The highest BCUT2D eigenvalue weighted by Crippen LogP contribution is 2.34. The lowest BCUT2D eigenvalue weighted by atomic mass is 9.94. The van der Waals surface area contributed by atoms with E-state index in [1.165, 1.54) is 0 Å². The van der Waals surface area contributed by atoms with E-state index in [1.54, 1.807) is 6.07 Å². The first-order chi connectivity index (χ1) is 8.93. The van der Waals surface area contributed by atoms with Gasteiger partial charge >= 0.3 is 0 Å². The lowest BCUT2D eigenvalue weighted by Crippen LogP contribution is -2.42. The normalized spacial score (nSPS) is 18.5. The molecule has 1 aromatic rings. The maximum atomic E-state index is 9.98. The fourth-order valence-corrected chi connectivity index (χ4v) is 2.72. The van der Waals surface area contributed by atoms with Gasteiger partial charge in [-0.3, -0.25) is 0 Å². The number of aliphatic hydroxyl groups is 1. The van der Waals surface area contributed by atoms with Gasteiger partial charge in [0, 0.05) is 19.6 Å². The van der Waals surface area contributed by atoms with Crippen LogP contribution in [0.3, 0.4) is 0 Å². The van der Waals surface area contributed by atoms with Crippen molar-refractivity contribution in [2.45, 2.75) is 32.3 Å². The molecular formula is C13H19Cl2N3O. The molecule has 106 valence electrons. The molecular weight excluding hydrogens is 285 g/mol. The Bertz CT molecular complexity index is 455. The summed E-state index contributed by atoms with van der Waals surface area (Å²) in [5.41, 5.74) is -0.583. The summed E-state index contributed by atoms with van der Waals surface area (Å²) in [6, 6.07) is 1.72. The molecule has 1 saturated heterocycles. The quantitative estimate of drug-likeness (QED) is 0.900.